The second-order valence-corrected chi connectivity index (χ2v) is 6.45. The van der Waals surface area contributed by atoms with Gasteiger partial charge in [-0.05, 0) is 46.1 Å². The highest BCUT2D eigenvalue weighted by molar-refractivity contribution is 5.05. The molecule has 22 heavy (non-hydrogen) atoms. The van der Waals surface area contributed by atoms with Crippen molar-refractivity contribution in [3.63, 3.8) is 0 Å². The van der Waals surface area contributed by atoms with Gasteiger partial charge in [0, 0.05) is 12.5 Å². The fraction of sp³-hybridized carbons (Fsp3) is 0.733. The molecule has 2 aliphatic rings. The molecule has 0 bridgehead atoms. The van der Waals surface area contributed by atoms with E-state index in [9.17, 15) is 0 Å². The number of aromatic nitrogens is 4. The average molecular weight is 303 g/mol. The van der Waals surface area contributed by atoms with Crippen molar-refractivity contribution in [1.29, 1.82) is 0 Å². The number of rotatable bonds is 4. The van der Waals surface area contributed by atoms with E-state index in [1.165, 1.54) is 12.8 Å². The van der Waals surface area contributed by atoms with Gasteiger partial charge in [-0.25, -0.2) is 0 Å². The zero-order chi connectivity index (χ0) is 15.1. The molecule has 0 aromatic carbocycles. The zero-order valence-electron chi connectivity index (χ0n) is 13.0. The molecule has 1 aliphatic carbocycles. The predicted octanol–water partition coefficient (Wildman–Crippen LogP) is 2.58. The van der Waals surface area contributed by atoms with Gasteiger partial charge in [0.1, 0.15) is 0 Å². The SMILES string of the molecule is Cc1noc([C@H]2CCCN([C@@H](C)c3nc(C4CC4)no3)C2)n1. The van der Waals surface area contributed by atoms with E-state index in [-0.39, 0.29) is 6.04 Å². The third kappa shape index (κ3) is 2.65. The van der Waals surface area contributed by atoms with Crippen molar-refractivity contribution in [3.05, 3.63) is 23.4 Å². The molecule has 0 unspecified atom stereocenters. The molecule has 0 spiro atoms. The van der Waals surface area contributed by atoms with E-state index < -0.39 is 0 Å². The van der Waals surface area contributed by atoms with Crippen LogP contribution in [0.15, 0.2) is 9.05 Å². The van der Waals surface area contributed by atoms with Crippen LogP contribution in [0.4, 0.5) is 0 Å². The van der Waals surface area contributed by atoms with Gasteiger partial charge in [-0.1, -0.05) is 10.3 Å². The van der Waals surface area contributed by atoms with E-state index in [0.29, 0.717) is 17.7 Å². The molecule has 0 N–H and O–H groups in total. The van der Waals surface area contributed by atoms with E-state index in [2.05, 4.69) is 32.1 Å². The van der Waals surface area contributed by atoms with Crippen molar-refractivity contribution in [1.82, 2.24) is 25.2 Å². The Morgan fingerprint density at radius 2 is 1.95 bits per heavy atom. The minimum absolute atomic E-state index is 0.131. The summed E-state index contributed by atoms with van der Waals surface area (Å²) in [6, 6.07) is 0.131. The molecule has 2 atom stereocenters. The maximum Gasteiger partial charge on any atom is 0.243 e. The molecule has 0 amide bonds. The van der Waals surface area contributed by atoms with Crippen LogP contribution in [0.3, 0.4) is 0 Å². The summed E-state index contributed by atoms with van der Waals surface area (Å²) in [4.78, 5) is 11.3. The molecule has 7 heteroatoms. The van der Waals surface area contributed by atoms with E-state index in [1.54, 1.807) is 0 Å². The third-order valence-corrected chi connectivity index (χ3v) is 4.65. The lowest BCUT2D eigenvalue weighted by Gasteiger charge is -2.33. The van der Waals surface area contributed by atoms with Gasteiger partial charge in [-0.3, -0.25) is 4.90 Å². The third-order valence-electron chi connectivity index (χ3n) is 4.65. The van der Waals surface area contributed by atoms with Gasteiger partial charge in [-0.15, -0.1) is 0 Å². The molecule has 3 heterocycles. The van der Waals surface area contributed by atoms with Gasteiger partial charge >= 0.3 is 0 Å². The topological polar surface area (TPSA) is 81.1 Å². The summed E-state index contributed by atoms with van der Waals surface area (Å²) >= 11 is 0. The first kappa shape index (κ1) is 13.9. The van der Waals surface area contributed by atoms with Crippen molar-refractivity contribution < 1.29 is 9.05 Å². The molecule has 1 saturated carbocycles. The lowest BCUT2D eigenvalue weighted by atomic mass is 9.97. The summed E-state index contributed by atoms with van der Waals surface area (Å²) in [5.41, 5.74) is 0. The van der Waals surface area contributed by atoms with Crippen LogP contribution in [0, 0.1) is 6.92 Å². The molecule has 2 aromatic heterocycles. The average Bonchev–Trinajstić information content (AvgIpc) is 3.10. The van der Waals surface area contributed by atoms with E-state index in [0.717, 1.165) is 43.5 Å². The fourth-order valence-electron chi connectivity index (χ4n) is 3.12. The predicted molar refractivity (Wildman–Crippen MR) is 77.3 cm³/mol. The van der Waals surface area contributed by atoms with Crippen molar-refractivity contribution >= 4 is 0 Å². The van der Waals surface area contributed by atoms with Crippen LogP contribution in [-0.2, 0) is 0 Å². The summed E-state index contributed by atoms with van der Waals surface area (Å²) in [6.45, 7) is 5.91. The summed E-state index contributed by atoms with van der Waals surface area (Å²) in [5, 5.41) is 8.03. The first-order valence-corrected chi connectivity index (χ1v) is 8.08. The van der Waals surface area contributed by atoms with Gasteiger partial charge in [0.2, 0.25) is 11.8 Å². The van der Waals surface area contributed by atoms with Crippen LogP contribution in [0.5, 0.6) is 0 Å². The van der Waals surface area contributed by atoms with Crippen LogP contribution >= 0.6 is 0 Å². The molecule has 7 nitrogen and oxygen atoms in total. The molecular formula is C15H21N5O2. The molecule has 4 rings (SSSR count). The van der Waals surface area contributed by atoms with E-state index in [1.807, 2.05) is 6.92 Å². The summed E-state index contributed by atoms with van der Waals surface area (Å²) in [6.07, 6.45) is 4.58. The second-order valence-electron chi connectivity index (χ2n) is 6.45. The van der Waals surface area contributed by atoms with E-state index >= 15 is 0 Å². The molecule has 1 aliphatic heterocycles. The van der Waals surface area contributed by atoms with Crippen LogP contribution < -0.4 is 0 Å². The highest BCUT2D eigenvalue weighted by atomic mass is 16.5. The molecule has 2 fully saturated rings. The smallest absolute Gasteiger partial charge is 0.243 e. The Balaban J connectivity index is 1.46. The monoisotopic (exact) mass is 303 g/mol. The highest BCUT2D eigenvalue weighted by Crippen LogP contribution is 2.39. The minimum atomic E-state index is 0.131. The lowest BCUT2D eigenvalue weighted by molar-refractivity contribution is 0.123. The van der Waals surface area contributed by atoms with E-state index in [4.69, 9.17) is 9.05 Å². The maximum absolute atomic E-state index is 5.47. The Bertz CT molecular complexity index is 648. The van der Waals surface area contributed by atoms with Crippen molar-refractivity contribution in [2.24, 2.45) is 0 Å². The number of hydrogen-bond acceptors (Lipinski definition) is 7. The molecular weight excluding hydrogens is 282 g/mol. The standard InChI is InChI=1S/C15H21N5O2/c1-9(14-17-13(19-21-14)11-5-6-11)20-7-3-4-12(8-20)15-16-10(2)18-22-15/h9,11-12H,3-8H2,1-2H3/t9-,12-/m0/s1. The van der Waals surface area contributed by atoms with Crippen LogP contribution in [0.1, 0.15) is 73.9 Å². The first-order valence-electron chi connectivity index (χ1n) is 8.08. The summed E-state index contributed by atoms with van der Waals surface area (Å²) < 4.78 is 10.8. The van der Waals surface area contributed by atoms with Crippen molar-refractivity contribution in [2.45, 2.75) is 57.4 Å². The van der Waals surface area contributed by atoms with Gasteiger partial charge in [0.25, 0.3) is 0 Å². The Hall–Kier alpha value is -1.76. The molecule has 118 valence electrons. The minimum Gasteiger partial charge on any atom is -0.339 e. The fourth-order valence-corrected chi connectivity index (χ4v) is 3.12. The first-order chi connectivity index (χ1) is 10.7. The number of nitrogens with zero attached hydrogens (tertiary/aromatic N) is 5. The second kappa shape index (κ2) is 5.46. The quantitative estimate of drug-likeness (QED) is 0.858. The largest absolute Gasteiger partial charge is 0.339 e. The lowest BCUT2D eigenvalue weighted by Crippen LogP contribution is -2.36. The van der Waals surface area contributed by atoms with Crippen LogP contribution in [0.2, 0.25) is 0 Å². The summed E-state index contributed by atoms with van der Waals surface area (Å²) in [5.74, 6) is 3.88. The normalized spacial score (nSPS) is 24.5. The van der Waals surface area contributed by atoms with Crippen LogP contribution in [0.25, 0.3) is 0 Å². The molecule has 1 saturated heterocycles. The Labute approximate surface area is 129 Å². The summed E-state index contributed by atoms with van der Waals surface area (Å²) in [7, 11) is 0. The van der Waals surface area contributed by atoms with Gasteiger partial charge < -0.3 is 9.05 Å². The van der Waals surface area contributed by atoms with Gasteiger partial charge in [0.15, 0.2) is 11.6 Å². The van der Waals surface area contributed by atoms with Crippen molar-refractivity contribution in [2.75, 3.05) is 13.1 Å². The van der Waals surface area contributed by atoms with Gasteiger partial charge in [0.05, 0.1) is 12.0 Å². The number of likely N-dealkylation sites (tertiary alicyclic amines) is 1. The number of hydrogen-bond donors (Lipinski definition) is 0. The number of piperidine rings is 1. The highest BCUT2D eigenvalue weighted by Gasteiger charge is 2.33. The number of aryl methyl sites for hydroxylation is 1. The Morgan fingerprint density at radius 3 is 2.68 bits per heavy atom. The maximum atomic E-state index is 5.47. The zero-order valence-corrected chi connectivity index (χ0v) is 13.0. The van der Waals surface area contributed by atoms with Crippen LogP contribution in [-0.4, -0.2) is 38.3 Å². The molecule has 0 radical (unpaired) electrons. The Morgan fingerprint density at radius 1 is 1.09 bits per heavy atom. The molecule has 2 aromatic rings. The van der Waals surface area contributed by atoms with Gasteiger partial charge in [-0.2, -0.15) is 9.97 Å². The Kier molecular flexibility index (Phi) is 3.44. The van der Waals surface area contributed by atoms with Crippen molar-refractivity contribution in [3.8, 4) is 0 Å².